The first-order valence-electron chi connectivity index (χ1n) is 9.60. The standard InChI is InChI=1S/C21H27N3O3/c1-14-6-5-9-18(15(14)2)23-19(25)12-22-20(26)13-24-11-10-16-7-3-4-8-17(16)21(24)27/h3-4,7-8,10-11,14-15,18H,5-6,9,12-13H2,1-2H3,(H,22,26)(H,23,25)/t14-,15+,18-/m1/s1. The van der Waals surface area contributed by atoms with E-state index in [1.807, 2.05) is 18.2 Å². The van der Waals surface area contributed by atoms with Crippen LogP contribution in [0.25, 0.3) is 10.8 Å². The van der Waals surface area contributed by atoms with Crippen molar-refractivity contribution in [2.24, 2.45) is 11.8 Å². The molecule has 0 bridgehead atoms. The smallest absolute Gasteiger partial charge is 0.258 e. The number of carbonyl (C=O) groups is 2. The molecule has 1 aliphatic rings. The number of amides is 2. The largest absolute Gasteiger partial charge is 0.352 e. The summed E-state index contributed by atoms with van der Waals surface area (Å²) < 4.78 is 1.36. The molecule has 0 unspecified atom stereocenters. The molecule has 3 atom stereocenters. The van der Waals surface area contributed by atoms with E-state index in [-0.39, 0.29) is 36.5 Å². The van der Waals surface area contributed by atoms with Crippen LogP contribution in [0.15, 0.2) is 41.3 Å². The molecular formula is C21H27N3O3. The fourth-order valence-electron chi connectivity index (χ4n) is 3.79. The highest BCUT2D eigenvalue weighted by atomic mass is 16.2. The number of hydrogen-bond acceptors (Lipinski definition) is 3. The van der Waals surface area contributed by atoms with Crippen molar-refractivity contribution in [2.45, 2.75) is 45.7 Å². The van der Waals surface area contributed by atoms with Gasteiger partial charge in [-0.3, -0.25) is 14.4 Å². The van der Waals surface area contributed by atoms with Gasteiger partial charge in [-0.1, -0.05) is 44.9 Å². The summed E-state index contributed by atoms with van der Waals surface area (Å²) in [6, 6.07) is 9.24. The van der Waals surface area contributed by atoms with Gasteiger partial charge in [-0.25, -0.2) is 0 Å². The molecule has 2 amide bonds. The van der Waals surface area contributed by atoms with Gasteiger partial charge >= 0.3 is 0 Å². The molecule has 1 aromatic carbocycles. The van der Waals surface area contributed by atoms with E-state index >= 15 is 0 Å². The molecule has 1 aliphatic carbocycles. The Balaban J connectivity index is 1.53. The number of rotatable bonds is 5. The van der Waals surface area contributed by atoms with Gasteiger partial charge in [0.05, 0.1) is 6.54 Å². The van der Waals surface area contributed by atoms with Gasteiger partial charge in [0, 0.05) is 17.6 Å². The zero-order valence-corrected chi connectivity index (χ0v) is 15.9. The van der Waals surface area contributed by atoms with E-state index in [2.05, 4.69) is 24.5 Å². The van der Waals surface area contributed by atoms with Crippen molar-refractivity contribution in [1.29, 1.82) is 0 Å². The Morgan fingerprint density at radius 2 is 1.89 bits per heavy atom. The van der Waals surface area contributed by atoms with Crippen LogP contribution in [-0.2, 0) is 16.1 Å². The molecule has 144 valence electrons. The Morgan fingerprint density at radius 1 is 1.11 bits per heavy atom. The highest BCUT2D eigenvalue weighted by Crippen LogP contribution is 2.29. The molecule has 1 heterocycles. The van der Waals surface area contributed by atoms with Crippen LogP contribution in [0.5, 0.6) is 0 Å². The molecule has 6 nitrogen and oxygen atoms in total. The van der Waals surface area contributed by atoms with Crippen molar-refractivity contribution < 1.29 is 9.59 Å². The molecule has 2 N–H and O–H groups in total. The minimum Gasteiger partial charge on any atom is -0.352 e. The van der Waals surface area contributed by atoms with Crippen molar-refractivity contribution in [3.8, 4) is 0 Å². The first-order valence-corrected chi connectivity index (χ1v) is 9.60. The number of pyridine rings is 1. The predicted octanol–water partition coefficient (Wildman–Crippen LogP) is 2.06. The monoisotopic (exact) mass is 369 g/mol. The van der Waals surface area contributed by atoms with Gasteiger partial charge in [-0.05, 0) is 35.8 Å². The van der Waals surface area contributed by atoms with Crippen LogP contribution in [0.1, 0.15) is 33.1 Å². The zero-order chi connectivity index (χ0) is 19.4. The lowest BCUT2D eigenvalue weighted by Gasteiger charge is -2.34. The summed E-state index contributed by atoms with van der Waals surface area (Å²) in [7, 11) is 0. The van der Waals surface area contributed by atoms with E-state index < -0.39 is 0 Å². The molecule has 3 rings (SSSR count). The Hall–Kier alpha value is -2.63. The molecule has 2 aromatic rings. The maximum absolute atomic E-state index is 12.4. The molecule has 1 saturated carbocycles. The van der Waals surface area contributed by atoms with Gasteiger partial charge in [-0.2, -0.15) is 0 Å². The lowest BCUT2D eigenvalue weighted by atomic mass is 9.78. The topological polar surface area (TPSA) is 80.2 Å². The molecule has 1 aromatic heterocycles. The zero-order valence-electron chi connectivity index (χ0n) is 15.9. The van der Waals surface area contributed by atoms with Crippen molar-refractivity contribution in [1.82, 2.24) is 15.2 Å². The molecule has 1 fully saturated rings. The summed E-state index contributed by atoms with van der Waals surface area (Å²) >= 11 is 0. The number of benzene rings is 1. The van der Waals surface area contributed by atoms with Crippen LogP contribution in [0, 0.1) is 11.8 Å². The quantitative estimate of drug-likeness (QED) is 0.847. The predicted molar refractivity (Wildman–Crippen MR) is 105 cm³/mol. The van der Waals surface area contributed by atoms with Gasteiger partial charge in [-0.15, -0.1) is 0 Å². The summed E-state index contributed by atoms with van der Waals surface area (Å²) in [4.78, 5) is 36.8. The van der Waals surface area contributed by atoms with Crippen LogP contribution in [0.2, 0.25) is 0 Å². The molecule has 0 saturated heterocycles. The number of nitrogens with one attached hydrogen (secondary N) is 2. The van der Waals surface area contributed by atoms with Crippen LogP contribution in [0.4, 0.5) is 0 Å². The van der Waals surface area contributed by atoms with Crippen LogP contribution < -0.4 is 16.2 Å². The van der Waals surface area contributed by atoms with Gasteiger partial charge in [0.2, 0.25) is 11.8 Å². The Morgan fingerprint density at radius 3 is 2.70 bits per heavy atom. The van der Waals surface area contributed by atoms with Gasteiger partial charge in [0.25, 0.3) is 5.56 Å². The normalized spacial score (nSPS) is 22.4. The molecular weight excluding hydrogens is 342 g/mol. The lowest BCUT2D eigenvalue weighted by molar-refractivity contribution is -0.127. The molecule has 0 spiro atoms. The van der Waals surface area contributed by atoms with E-state index in [9.17, 15) is 14.4 Å². The maximum Gasteiger partial charge on any atom is 0.258 e. The van der Waals surface area contributed by atoms with Crippen molar-refractivity contribution in [3.63, 3.8) is 0 Å². The second-order valence-electron chi connectivity index (χ2n) is 7.55. The summed E-state index contributed by atoms with van der Waals surface area (Å²) in [5, 5.41) is 7.06. The first kappa shape index (κ1) is 19.1. The van der Waals surface area contributed by atoms with Crippen molar-refractivity contribution >= 4 is 22.6 Å². The van der Waals surface area contributed by atoms with E-state index in [1.54, 1.807) is 18.3 Å². The Bertz CT molecular complexity index is 890. The number of fused-ring (bicyclic) bond motifs is 1. The van der Waals surface area contributed by atoms with E-state index in [0.29, 0.717) is 17.2 Å². The van der Waals surface area contributed by atoms with Crippen LogP contribution in [-0.4, -0.2) is 29.0 Å². The summed E-state index contributed by atoms with van der Waals surface area (Å²) in [5.74, 6) is 0.501. The highest BCUT2D eigenvalue weighted by molar-refractivity contribution is 5.85. The van der Waals surface area contributed by atoms with Crippen molar-refractivity contribution in [2.75, 3.05) is 6.54 Å². The number of carbonyl (C=O) groups excluding carboxylic acids is 2. The van der Waals surface area contributed by atoms with E-state index in [1.165, 1.54) is 11.0 Å². The van der Waals surface area contributed by atoms with Gasteiger partial charge in [0.1, 0.15) is 6.54 Å². The third-order valence-electron chi connectivity index (χ3n) is 5.70. The fraction of sp³-hybridized carbons (Fsp3) is 0.476. The van der Waals surface area contributed by atoms with E-state index in [4.69, 9.17) is 0 Å². The Kier molecular flexibility index (Phi) is 5.94. The molecule has 6 heteroatoms. The average Bonchev–Trinajstić information content (AvgIpc) is 2.66. The lowest BCUT2D eigenvalue weighted by Crippen LogP contribution is -2.47. The maximum atomic E-state index is 12.4. The SMILES string of the molecule is C[C@H]1[C@H](C)CCC[C@H]1NC(=O)CNC(=O)Cn1ccc2ccccc2c1=O. The number of hydrogen-bond donors (Lipinski definition) is 2. The van der Waals surface area contributed by atoms with Gasteiger partial charge in [0.15, 0.2) is 0 Å². The number of nitrogens with zero attached hydrogens (tertiary/aromatic N) is 1. The summed E-state index contributed by atoms with van der Waals surface area (Å²) in [5.41, 5.74) is -0.210. The first-order chi connectivity index (χ1) is 13.0. The molecule has 27 heavy (non-hydrogen) atoms. The van der Waals surface area contributed by atoms with Crippen molar-refractivity contribution in [3.05, 3.63) is 46.9 Å². The van der Waals surface area contributed by atoms with Gasteiger partial charge < -0.3 is 15.2 Å². The second-order valence-corrected chi connectivity index (χ2v) is 7.55. The minimum atomic E-state index is -0.354. The third kappa shape index (κ3) is 4.56. The number of aromatic nitrogens is 1. The Labute approximate surface area is 159 Å². The van der Waals surface area contributed by atoms with E-state index in [0.717, 1.165) is 18.2 Å². The highest BCUT2D eigenvalue weighted by Gasteiger charge is 2.28. The summed E-state index contributed by atoms with van der Waals surface area (Å²) in [6.45, 7) is 4.21. The fourth-order valence-corrected chi connectivity index (χ4v) is 3.79. The molecule has 0 aliphatic heterocycles. The molecule has 0 radical (unpaired) electrons. The summed E-state index contributed by atoms with van der Waals surface area (Å²) in [6.07, 6.45) is 4.91. The third-order valence-corrected chi connectivity index (χ3v) is 5.70. The average molecular weight is 369 g/mol. The minimum absolute atomic E-state index is 0.0707. The second kappa shape index (κ2) is 8.37. The van der Waals surface area contributed by atoms with Crippen LogP contribution >= 0.6 is 0 Å². The van der Waals surface area contributed by atoms with Crippen LogP contribution in [0.3, 0.4) is 0 Å².